The lowest BCUT2D eigenvalue weighted by Crippen LogP contribution is -2.40. The van der Waals surface area contributed by atoms with Crippen molar-refractivity contribution in [1.29, 1.82) is 0 Å². The maximum atomic E-state index is 12.4. The van der Waals surface area contributed by atoms with Crippen LogP contribution in [0.1, 0.15) is 40.0 Å². The SMILES string of the molecule is C=C1C(=O)O[C@@H]2C=C(CO)[C@@]3(O)CC[C@@](C)(C[C@@H](OC(=O)/C(C)=C\C)[C@@H]12)O3. The second-order valence-corrected chi connectivity index (χ2v) is 7.73. The predicted molar refractivity (Wildman–Crippen MR) is 95.3 cm³/mol. The molecule has 0 amide bonds. The summed E-state index contributed by atoms with van der Waals surface area (Å²) in [6, 6.07) is 0. The Labute approximate surface area is 158 Å². The second-order valence-electron chi connectivity index (χ2n) is 7.73. The fourth-order valence-electron chi connectivity index (χ4n) is 4.01. The van der Waals surface area contributed by atoms with Gasteiger partial charge in [0.15, 0.2) is 5.79 Å². The Hall–Kier alpha value is -1.96. The molecule has 148 valence electrons. The Balaban J connectivity index is 2.05. The summed E-state index contributed by atoms with van der Waals surface area (Å²) < 4.78 is 17.1. The van der Waals surface area contributed by atoms with Gasteiger partial charge in [0.1, 0.15) is 12.2 Å². The second kappa shape index (κ2) is 6.89. The molecule has 7 nitrogen and oxygen atoms in total. The molecule has 2 N–H and O–H groups in total. The topological polar surface area (TPSA) is 102 Å². The molecule has 2 saturated heterocycles. The van der Waals surface area contributed by atoms with Crippen LogP contribution in [0, 0.1) is 5.92 Å². The summed E-state index contributed by atoms with van der Waals surface area (Å²) in [5, 5.41) is 20.7. The molecule has 3 rings (SSSR count). The van der Waals surface area contributed by atoms with Gasteiger partial charge in [-0.15, -0.1) is 0 Å². The van der Waals surface area contributed by atoms with E-state index in [1.54, 1.807) is 19.9 Å². The lowest BCUT2D eigenvalue weighted by molar-refractivity contribution is -0.205. The van der Waals surface area contributed by atoms with Crippen molar-refractivity contribution in [2.24, 2.45) is 5.92 Å². The molecule has 5 atom stereocenters. The maximum Gasteiger partial charge on any atom is 0.334 e. The van der Waals surface area contributed by atoms with Crippen molar-refractivity contribution in [3.8, 4) is 0 Å². The largest absolute Gasteiger partial charge is 0.458 e. The predicted octanol–water partition coefficient (Wildman–Crippen LogP) is 1.54. The first kappa shape index (κ1) is 19.8. The van der Waals surface area contributed by atoms with Crippen LogP contribution in [-0.4, -0.2) is 52.4 Å². The van der Waals surface area contributed by atoms with Gasteiger partial charge in [-0.3, -0.25) is 0 Å². The van der Waals surface area contributed by atoms with E-state index < -0.39 is 48.1 Å². The molecule has 0 radical (unpaired) electrons. The van der Waals surface area contributed by atoms with E-state index in [0.29, 0.717) is 12.0 Å². The van der Waals surface area contributed by atoms with Crippen molar-refractivity contribution in [3.63, 3.8) is 0 Å². The highest BCUT2D eigenvalue weighted by atomic mass is 16.6. The summed E-state index contributed by atoms with van der Waals surface area (Å²) in [4.78, 5) is 24.6. The van der Waals surface area contributed by atoms with Gasteiger partial charge in [0.05, 0.1) is 18.1 Å². The Morgan fingerprint density at radius 2 is 2.19 bits per heavy atom. The molecule has 0 aromatic carbocycles. The fraction of sp³-hybridized carbons (Fsp3) is 0.600. The van der Waals surface area contributed by atoms with Gasteiger partial charge in [0.2, 0.25) is 0 Å². The quantitative estimate of drug-likeness (QED) is 0.436. The highest BCUT2D eigenvalue weighted by Gasteiger charge is 2.54. The third-order valence-electron chi connectivity index (χ3n) is 5.75. The number of carbonyl (C=O) groups is 2. The van der Waals surface area contributed by atoms with Crippen LogP contribution in [0.2, 0.25) is 0 Å². The van der Waals surface area contributed by atoms with E-state index in [-0.39, 0.29) is 24.0 Å². The molecule has 3 aliphatic heterocycles. The Morgan fingerprint density at radius 1 is 1.48 bits per heavy atom. The van der Waals surface area contributed by atoms with Gasteiger partial charge in [-0.2, -0.15) is 0 Å². The first-order valence-electron chi connectivity index (χ1n) is 9.11. The minimum atomic E-state index is -1.64. The molecular weight excluding hydrogens is 352 g/mol. The van der Waals surface area contributed by atoms with E-state index in [0.717, 1.165) is 0 Å². The van der Waals surface area contributed by atoms with Crippen LogP contribution in [0.15, 0.2) is 35.5 Å². The number of hydrogen-bond acceptors (Lipinski definition) is 7. The van der Waals surface area contributed by atoms with Gasteiger partial charge in [0.25, 0.3) is 0 Å². The summed E-state index contributed by atoms with van der Waals surface area (Å²) in [6.07, 6.45) is 2.69. The van der Waals surface area contributed by atoms with Crippen molar-refractivity contribution in [1.82, 2.24) is 0 Å². The molecule has 0 unspecified atom stereocenters. The zero-order chi connectivity index (χ0) is 20.0. The maximum absolute atomic E-state index is 12.4. The van der Waals surface area contributed by atoms with Crippen molar-refractivity contribution >= 4 is 11.9 Å². The summed E-state index contributed by atoms with van der Waals surface area (Å²) in [5.41, 5.74) is 0.0968. The zero-order valence-electron chi connectivity index (χ0n) is 15.9. The molecular formula is C20H26O7. The summed E-state index contributed by atoms with van der Waals surface area (Å²) in [7, 11) is 0. The third-order valence-corrected chi connectivity index (χ3v) is 5.75. The van der Waals surface area contributed by atoms with Crippen LogP contribution in [-0.2, 0) is 23.8 Å². The van der Waals surface area contributed by atoms with Crippen molar-refractivity contribution in [2.45, 2.75) is 63.6 Å². The number of fused-ring (bicyclic) bond motifs is 3. The number of allylic oxidation sites excluding steroid dienone is 1. The monoisotopic (exact) mass is 378 g/mol. The Bertz CT molecular complexity index is 737. The fourth-order valence-corrected chi connectivity index (χ4v) is 4.01. The van der Waals surface area contributed by atoms with Crippen LogP contribution in [0.4, 0.5) is 0 Å². The number of aliphatic hydroxyl groups is 2. The average Bonchev–Trinajstić information content (AvgIpc) is 3.08. The molecule has 2 bridgehead atoms. The van der Waals surface area contributed by atoms with Gasteiger partial charge < -0.3 is 24.4 Å². The van der Waals surface area contributed by atoms with Gasteiger partial charge >= 0.3 is 11.9 Å². The number of esters is 2. The number of ether oxygens (including phenoxy) is 3. The lowest BCUT2D eigenvalue weighted by Gasteiger charge is -2.33. The molecule has 0 spiro atoms. The molecule has 0 aliphatic carbocycles. The van der Waals surface area contributed by atoms with E-state index in [4.69, 9.17) is 14.2 Å². The lowest BCUT2D eigenvalue weighted by atomic mass is 9.81. The third kappa shape index (κ3) is 3.47. The van der Waals surface area contributed by atoms with Crippen LogP contribution in [0.5, 0.6) is 0 Å². The minimum absolute atomic E-state index is 0.206. The number of hydrogen-bond donors (Lipinski definition) is 2. The van der Waals surface area contributed by atoms with Gasteiger partial charge in [-0.25, -0.2) is 9.59 Å². The molecule has 3 heterocycles. The first-order valence-corrected chi connectivity index (χ1v) is 9.11. The molecule has 2 fully saturated rings. The smallest absolute Gasteiger partial charge is 0.334 e. The van der Waals surface area contributed by atoms with Gasteiger partial charge in [-0.1, -0.05) is 12.7 Å². The molecule has 27 heavy (non-hydrogen) atoms. The van der Waals surface area contributed by atoms with E-state index in [9.17, 15) is 19.8 Å². The van der Waals surface area contributed by atoms with Crippen LogP contribution >= 0.6 is 0 Å². The van der Waals surface area contributed by atoms with E-state index >= 15 is 0 Å². The number of rotatable bonds is 3. The number of aliphatic hydroxyl groups excluding tert-OH is 1. The average molecular weight is 378 g/mol. The van der Waals surface area contributed by atoms with Crippen molar-refractivity contribution in [2.75, 3.05) is 6.61 Å². The Morgan fingerprint density at radius 3 is 2.81 bits per heavy atom. The van der Waals surface area contributed by atoms with Crippen molar-refractivity contribution in [3.05, 3.63) is 35.5 Å². The summed E-state index contributed by atoms with van der Waals surface area (Å²) in [5.74, 6) is -3.32. The first-order chi connectivity index (χ1) is 12.6. The van der Waals surface area contributed by atoms with E-state index in [1.165, 1.54) is 6.08 Å². The van der Waals surface area contributed by atoms with Crippen LogP contribution in [0.25, 0.3) is 0 Å². The molecule has 3 aliphatic rings. The molecule has 0 aromatic heterocycles. The van der Waals surface area contributed by atoms with Crippen LogP contribution in [0.3, 0.4) is 0 Å². The van der Waals surface area contributed by atoms with Crippen molar-refractivity contribution < 1.29 is 34.0 Å². The number of carbonyl (C=O) groups excluding carboxylic acids is 2. The van der Waals surface area contributed by atoms with Gasteiger partial charge in [-0.05, 0) is 33.3 Å². The summed E-state index contributed by atoms with van der Waals surface area (Å²) in [6.45, 7) is 8.59. The highest BCUT2D eigenvalue weighted by molar-refractivity contribution is 5.92. The minimum Gasteiger partial charge on any atom is -0.458 e. The zero-order valence-corrected chi connectivity index (χ0v) is 15.9. The molecule has 0 aromatic rings. The van der Waals surface area contributed by atoms with Gasteiger partial charge in [0, 0.05) is 29.6 Å². The molecule has 7 heteroatoms. The normalized spacial score (nSPS) is 39.1. The van der Waals surface area contributed by atoms with Crippen LogP contribution < -0.4 is 0 Å². The molecule has 0 saturated carbocycles. The van der Waals surface area contributed by atoms with E-state index in [2.05, 4.69) is 6.58 Å². The highest BCUT2D eigenvalue weighted by Crippen LogP contribution is 2.47. The Kier molecular flexibility index (Phi) is 5.05. The van der Waals surface area contributed by atoms with E-state index in [1.807, 2.05) is 6.92 Å². The summed E-state index contributed by atoms with van der Waals surface area (Å²) >= 11 is 0. The standard InChI is InChI=1S/C20H26O7/c1-5-11(2)17(22)26-15-9-19(4)6-7-20(24,27-19)13(10-21)8-14-16(15)12(3)18(23)25-14/h5,8,14-16,21,24H,3,6-7,9-10H2,1-2,4H3/b11-5-,13-8?/t14-,15-,16+,19+,20-/m1/s1.